The van der Waals surface area contributed by atoms with Gasteiger partial charge in [0.2, 0.25) is 0 Å². The molecule has 5 heteroatoms. The number of alkyl halides is 1. The van der Waals surface area contributed by atoms with Crippen molar-refractivity contribution in [2.24, 2.45) is 0 Å². The van der Waals surface area contributed by atoms with Gasteiger partial charge in [-0.3, -0.25) is 0 Å². The minimum atomic E-state index is -3.47. The Morgan fingerprint density at radius 3 is 2.65 bits per heavy atom. The van der Waals surface area contributed by atoms with Crippen molar-refractivity contribution in [2.45, 2.75) is 30.4 Å². The minimum absolute atomic E-state index is 0.109. The smallest absolute Gasteiger partial charge is 0.182 e. The first-order chi connectivity index (χ1) is 7.93. The number of sulfone groups is 1. The second-order valence-corrected chi connectivity index (χ2v) is 6.66. The average Bonchev–Trinajstić information content (AvgIpc) is 2.29. The van der Waals surface area contributed by atoms with Crippen molar-refractivity contribution in [3.05, 3.63) is 29.3 Å². The molecule has 0 aliphatic rings. The number of rotatable bonds is 4. The Kier molecular flexibility index (Phi) is 4.55. The number of halogens is 1. The predicted octanol–water partition coefficient (Wildman–Crippen LogP) is 2.66. The Labute approximate surface area is 107 Å². The van der Waals surface area contributed by atoms with Crippen molar-refractivity contribution in [3.8, 4) is 6.07 Å². The van der Waals surface area contributed by atoms with E-state index in [2.05, 4.69) is 0 Å². The number of aryl methyl sites for hydroxylation is 1. The second-order valence-electron chi connectivity index (χ2n) is 3.94. The van der Waals surface area contributed by atoms with Crippen LogP contribution in [0.25, 0.3) is 0 Å². The normalized spacial score (nSPS) is 13.1. The van der Waals surface area contributed by atoms with E-state index < -0.39 is 15.1 Å². The molecule has 1 aromatic rings. The van der Waals surface area contributed by atoms with Crippen LogP contribution in [0.2, 0.25) is 0 Å². The maximum Gasteiger partial charge on any atom is 0.182 e. The van der Waals surface area contributed by atoms with Crippen LogP contribution >= 0.6 is 11.6 Å². The fourth-order valence-corrected chi connectivity index (χ4v) is 3.57. The molecule has 0 radical (unpaired) electrons. The van der Waals surface area contributed by atoms with Gasteiger partial charge in [0.15, 0.2) is 9.84 Å². The first kappa shape index (κ1) is 14.0. The number of hydrogen-bond donors (Lipinski definition) is 0. The van der Waals surface area contributed by atoms with Gasteiger partial charge in [0, 0.05) is 5.88 Å². The number of hydrogen-bond acceptors (Lipinski definition) is 3. The summed E-state index contributed by atoms with van der Waals surface area (Å²) in [5, 5.41) is 8.37. The van der Waals surface area contributed by atoms with Gasteiger partial charge in [0.25, 0.3) is 0 Å². The molecule has 0 fully saturated rings. The second kappa shape index (κ2) is 5.52. The van der Waals surface area contributed by atoms with E-state index in [1.807, 2.05) is 6.07 Å². The third-order valence-electron chi connectivity index (χ3n) is 2.61. The number of nitriles is 1. The highest BCUT2D eigenvalue weighted by molar-refractivity contribution is 7.92. The van der Waals surface area contributed by atoms with Crippen LogP contribution < -0.4 is 0 Å². The van der Waals surface area contributed by atoms with Crippen LogP contribution in [0.3, 0.4) is 0 Å². The van der Waals surface area contributed by atoms with E-state index in [1.165, 1.54) is 6.07 Å². The van der Waals surface area contributed by atoms with Crippen molar-refractivity contribution in [3.63, 3.8) is 0 Å². The summed E-state index contributed by atoms with van der Waals surface area (Å²) >= 11 is 5.57. The lowest BCUT2D eigenvalue weighted by atomic mass is 10.2. The van der Waals surface area contributed by atoms with Crippen molar-refractivity contribution in [2.75, 3.05) is 5.88 Å². The van der Waals surface area contributed by atoms with Crippen molar-refractivity contribution in [1.29, 1.82) is 5.26 Å². The van der Waals surface area contributed by atoms with Crippen LogP contribution in [0, 0.1) is 18.3 Å². The molecule has 0 aromatic heterocycles. The molecule has 0 aliphatic carbocycles. The largest absolute Gasteiger partial charge is 0.223 e. The SMILES string of the molecule is Cc1ccc(C#N)c(S(=O)(=O)C(C)CCCl)c1. The highest BCUT2D eigenvalue weighted by atomic mass is 35.5. The molecule has 0 bridgehead atoms. The molecule has 1 atom stereocenters. The first-order valence-corrected chi connectivity index (χ1v) is 7.32. The summed E-state index contributed by atoms with van der Waals surface area (Å²) in [5.41, 5.74) is 1.01. The zero-order valence-corrected chi connectivity index (χ0v) is 11.3. The highest BCUT2D eigenvalue weighted by Crippen LogP contribution is 2.23. The van der Waals surface area contributed by atoms with Crippen molar-refractivity contribution >= 4 is 21.4 Å². The van der Waals surface area contributed by atoms with Crippen LogP contribution in [0.5, 0.6) is 0 Å². The quantitative estimate of drug-likeness (QED) is 0.791. The van der Waals surface area contributed by atoms with Gasteiger partial charge < -0.3 is 0 Å². The van der Waals surface area contributed by atoms with E-state index in [0.717, 1.165) is 5.56 Å². The Morgan fingerprint density at radius 2 is 2.12 bits per heavy atom. The molecule has 0 amide bonds. The third-order valence-corrected chi connectivity index (χ3v) is 5.07. The maximum atomic E-state index is 12.2. The van der Waals surface area contributed by atoms with Gasteiger partial charge in [-0.25, -0.2) is 8.42 Å². The highest BCUT2D eigenvalue weighted by Gasteiger charge is 2.25. The topological polar surface area (TPSA) is 57.9 Å². The molecule has 1 rings (SSSR count). The molecular weight excluding hydrogens is 258 g/mol. The van der Waals surface area contributed by atoms with Crippen molar-refractivity contribution < 1.29 is 8.42 Å². The van der Waals surface area contributed by atoms with Crippen LogP contribution in [0.4, 0.5) is 0 Å². The molecule has 3 nitrogen and oxygen atoms in total. The van der Waals surface area contributed by atoms with Gasteiger partial charge in [-0.05, 0) is 38.0 Å². The lowest BCUT2D eigenvalue weighted by molar-refractivity contribution is 0.581. The van der Waals surface area contributed by atoms with Gasteiger partial charge in [-0.1, -0.05) is 6.07 Å². The molecule has 0 heterocycles. The van der Waals surface area contributed by atoms with Gasteiger partial charge in [-0.15, -0.1) is 11.6 Å². The summed E-state index contributed by atoms with van der Waals surface area (Å²) in [6.07, 6.45) is 0.378. The van der Waals surface area contributed by atoms with Crippen LogP contribution in [0.15, 0.2) is 23.1 Å². The molecule has 0 saturated carbocycles. The average molecular weight is 272 g/mol. The summed E-state index contributed by atoms with van der Waals surface area (Å²) in [6.45, 7) is 3.41. The van der Waals surface area contributed by atoms with E-state index in [-0.39, 0.29) is 16.3 Å². The summed E-state index contributed by atoms with van der Waals surface area (Å²) in [5.74, 6) is 0.286. The first-order valence-electron chi connectivity index (χ1n) is 5.24. The maximum absolute atomic E-state index is 12.2. The molecule has 0 N–H and O–H groups in total. The predicted molar refractivity (Wildman–Crippen MR) is 67.9 cm³/mol. The van der Waals surface area contributed by atoms with E-state index in [1.54, 1.807) is 26.0 Å². The van der Waals surface area contributed by atoms with Gasteiger partial charge in [-0.2, -0.15) is 5.26 Å². The standard InChI is InChI=1S/C12H14ClNO2S/c1-9-3-4-11(8-14)12(7-9)17(15,16)10(2)5-6-13/h3-4,7,10H,5-6H2,1-2H3. The Morgan fingerprint density at radius 1 is 1.47 bits per heavy atom. The van der Waals surface area contributed by atoms with E-state index >= 15 is 0 Å². The van der Waals surface area contributed by atoms with Crippen LogP contribution in [-0.4, -0.2) is 19.5 Å². The Bertz CT molecular complexity index is 546. The number of benzene rings is 1. The number of nitrogens with zero attached hydrogens (tertiary/aromatic N) is 1. The lowest BCUT2D eigenvalue weighted by Crippen LogP contribution is -2.19. The van der Waals surface area contributed by atoms with E-state index in [4.69, 9.17) is 16.9 Å². The lowest BCUT2D eigenvalue weighted by Gasteiger charge is -2.13. The molecular formula is C12H14ClNO2S. The minimum Gasteiger partial charge on any atom is -0.223 e. The van der Waals surface area contributed by atoms with Crippen LogP contribution in [0.1, 0.15) is 24.5 Å². The third kappa shape index (κ3) is 2.99. The van der Waals surface area contributed by atoms with Crippen molar-refractivity contribution in [1.82, 2.24) is 0 Å². The molecule has 0 saturated heterocycles. The summed E-state index contributed by atoms with van der Waals surface area (Å²) in [6, 6.07) is 6.72. The van der Waals surface area contributed by atoms with Gasteiger partial charge >= 0.3 is 0 Å². The zero-order chi connectivity index (χ0) is 13.1. The van der Waals surface area contributed by atoms with Crippen LogP contribution in [-0.2, 0) is 9.84 Å². The monoisotopic (exact) mass is 271 g/mol. The molecule has 1 aromatic carbocycles. The van der Waals surface area contributed by atoms with Gasteiger partial charge in [0.1, 0.15) is 6.07 Å². The summed E-state index contributed by atoms with van der Waals surface area (Å²) < 4.78 is 24.5. The molecule has 17 heavy (non-hydrogen) atoms. The fraction of sp³-hybridized carbons (Fsp3) is 0.417. The zero-order valence-electron chi connectivity index (χ0n) is 9.77. The molecule has 1 unspecified atom stereocenters. The summed E-state index contributed by atoms with van der Waals surface area (Å²) in [7, 11) is -3.47. The molecule has 92 valence electrons. The molecule has 0 spiro atoms. The molecule has 0 aliphatic heterocycles. The fourth-order valence-electron chi connectivity index (χ4n) is 1.48. The summed E-state index contributed by atoms with van der Waals surface area (Å²) in [4.78, 5) is 0.109. The van der Waals surface area contributed by atoms with Gasteiger partial charge in [0.05, 0.1) is 15.7 Å². The Balaban J connectivity index is 3.33. The van der Waals surface area contributed by atoms with E-state index in [0.29, 0.717) is 6.42 Å². The Hall–Kier alpha value is -1.05. The van der Waals surface area contributed by atoms with E-state index in [9.17, 15) is 8.42 Å².